The smallest absolute Gasteiger partial charge is 0.253 e. The molecule has 2 aromatic carbocycles. The van der Waals surface area contributed by atoms with Crippen LogP contribution in [0.2, 0.25) is 10.0 Å². The summed E-state index contributed by atoms with van der Waals surface area (Å²) in [5.74, 6) is 0.986. The van der Waals surface area contributed by atoms with Crippen LogP contribution in [0.5, 0.6) is 5.75 Å². The Morgan fingerprint density at radius 2 is 1.83 bits per heavy atom. The van der Waals surface area contributed by atoms with E-state index in [1.54, 1.807) is 30.3 Å². The second kappa shape index (κ2) is 10.9. The van der Waals surface area contributed by atoms with Crippen molar-refractivity contribution in [1.82, 2.24) is 10.2 Å². The lowest BCUT2D eigenvalue weighted by Crippen LogP contribution is -2.47. The zero-order chi connectivity index (χ0) is 21.5. The van der Waals surface area contributed by atoms with Crippen LogP contribution in [-0.2, 0) is 4.79 Å². The molecule has 1 aliphatic rings. The number of piperidine rings is 1. The highest BCUT2D eigenvalue weighted by molar-refractivity contribution is 8.00. The van der Waals surface area contributed by atoms with E-state index < -0.39 is 0 Å². The van der Waals surface area contributed by atoms with Crippen molar-refractivity contribution in [2.24, 2.45) is 0 Å². The molecule has 30 heavy (non-hydrogen) atoms. The Labute approximate surface area is 191 Å². The molecule has 1 saturated heterocycles. The summed E-state index contributed by atoms with van der Waals surface area (Å²) in [7, 11) is 0. The number of hydrogen-bond acceptors (Lipinski definition) is 4. The van der Waals surface area contributed by atoms with E-state index in [1.165, 1.54) is 11.8 Å². The van der Waals surface area contributed by atoms with Gasteiger partial charge in [-0.3, -0.25) is 9.59 Å². The molecule has 2 aromatic rings. The largest absolute Gasteiger partial charge is 0.494 e. The predicted octanol–water partition coefficient (Wildman–Crippen LogP) is 4.91. The highest BCUT2D eigenvalue weighted by Crippen LogP contribution is 2.29. The predicted molar refractivity (Wildman–Crippen MR) is 122 cm³/mol. The summed E-state index contributed by atoms with van der Waals surface area (Å²) in [5, 5.41) is 4.23. The lowest BCUT2D eigenvalue weighted by molar-refractivity contribution is -0.119. The minimum atomic E-state index is -0.0488. The number of ether oxygens (including phenoxy) is 1. The highest BCUT2D eigenvalue weighted by atomic mass is 35.5. The van der Waals surface area contributed by atoms with Crippen molar-refractivity contribution in [3.05, 3.63) is 58.1 Å². The van der Waals surface area contributed by atoms with Crippen LogP contribution in [0.25, 0.3) is 0 Å². The van der Waals surface area contributed by atoms with E-state index in [9.17, 15) is 9.59 Å². The molecule has 160 valence electrons. The Hall–Kier alpha value is -1.89. The van der Waals surface area contributed by atoms with Crippen LogP contribution in [0.1, 0.15) is 30.1 Å². The monoisotopic (exact) mass is 466 g/mol. The Morgan fingerprint density at radius 3 is 2.50 bits per heavy atom. The quantitative estimate of drug-likeness (QED) is 0.589. The highest BCUT2D eigenvalue weighted by Gasteiger charge is 2.24. The molecule has 1 aliphatic heterocycles. The van der Waals surface area contributed by atoms with Gasteiger partial charge < -0.3 is 15.0 Å². The first-order valence-corrected chi connectivity index (χ1v) is 11.6. The molecule has 0 saturated carbocycles. The van der Waals surface area contributed by atoms with E-state index in [0.29, 0.717) is 35.3 Å². The van der Waals surface area contributed by atoms with Crippen LogP contribution < -0.4 is 10.1 Å². The van der Waals surface area contributed by atoms with E-state index in [0.717, 1.165) is 23.5 Å². The number of thioether (sulfide) groups is 1. The number of likely N-dealkylation sites (tertiary alicyclic amines) is 1. The summed E-state index contributed by atoms with van der Waals surface area (Å²) in [6.07, 6.45) is 1.47. The maximum Gasteiger partial charge on any atom is 0.253 e. The third kappa shape index (κ3) is 6.30. The van der Waals surface area contributed by atoms with Crippen molar-refractivity contribution < 1.29 is 14.3 Å². The first-order chi connectivity index (χ1) is 14.5. The number of hydrogen-bond donors (Lipinski definition) is 1. The molecule has 0 bridgehead atoms. The molecular weight excluding hydrogens is 443 g/mol. The normalized spacial score (nSPS) is 14.4. The second-order valence-electron chi connectivity index (χ2n) is 6.95. The van der Waals surface area contributed by atoms with E-state index in [1.807, 2.05) is 24.0 Å². The number of rotatable bonds is 7. The Balaban J connectivity index is 1.44. The van der Waals surface area contributed by atoms with Crippen molar-refractivity contribution >= 4 is 46.8 Å². The Morgan fingerprint density at radius 1 is 1.13 bits per heavy atom. The van der Waals surface area contributed by atoms with Gasteiger partial charge in [0.15, 0.2) is 0 Å². The summed E-state index contributed by atoms with van der Waals surface area (Å²) in [6.45, 7) is 3.75. The zero-order valence-electron chi connectivity index (χ0n) is 16.7. The average molecular weight is 467 g/mol. The number of carbonyl (C=O) groups is 2. The molecule has 2 amide bonds. The minimum Gasteiger partial charge on any atom is -0.494 e. The molecule has 0 radical (unpaired) electrons. The molecule has 0 spiro atoms. The van der Waals surface area contributed by atoms with Crippen LogP contribution in [0.4, 0.5) is 0 Å². The van der Waals surface area contributed by atoms with E-state index in [2.05, 4.69) is 5.32 Å². The topological polar surface area (TPSA) is 58.6 Å². The number of benzene rings is 2. The maximum atomic E-state index is 12.7. The van der Waals surface area contributed by atoms with Crippen molar-refractivity contribution in [2.75, 3.05) is 25.4 Å². The van der Waals surface area contributed by atoms with Gasteiger partial charge in [-0.05, 0) is 62.2 Å². The lowest BCUT2D eigenvalue weighted by atomic mass is 10.0. The maximum absolute atomic E-state index is 12.7. The molecule has 0 unspecified atom stereocenters. The van der Waals surface area contributed by atoms with Gasteiger partial charge in [-0.15, -0.1) is 11.8 Å². The van der Waals surface area contributed by atoms with E-state index in [4.69, 9.17) is 27.9 Å². The van der Waals surface area contributed by atoms with Gasteiger partial charge in [-0.1, -0.05) is 23.2 Å². The van der Waals surface area contributed by atoms with Gasteiger partial charge in [0, 0.05) is 34.6 Å². The Kier molecular flexibility index (Phi) is 8.31. The molecule has 0 atom stereocenters. The second-order valence-corrected chi connectivity index (χ2v) is 8.82. The molecule has 3 rings (SSSR count). The standard InChI is InChI=1S/C22H24Cl2N2O3S/c1-2-29-18-6-3-15(4-7-18)22(28)26-11-9-17(10-12-26)25-21(27)14-30-20-13-16(23)5-8-19(20)24/h3-8,13,17H,2,9-12,14H2,1H3,(H,25,27). The number of amides is 2. The molecular formula is C22H24Cl2N2O3S. The Bertz CT molecular complexity index is 884. The molecule has 1 heterocycles. The summed E-state index contributed by atoms with van der Waals surface area (Å²) >= 11 is 13.5. The first kappa shape index (κ1) is 22.8. The molecule has 0 aromatic heterocycles. The third-order valence-electron chi connectivity index (χ3n) is 4.81. The minimum absolute atomic E-state index is 0.00831. The number of carbonyl (C=O) groups excluding carboxylic acids is 2. The third-order valence-corrected chi connectivity index (χ3v) is 6.54. The summed E-state index contributed by atoms with van der Waals surface area (Å²) in [4.78, 5) is 27.6. The fraction of sp³-hybridized carbons (Fsp3) is 0.364. The van der Waals surface area contributed by atoms with Gasteiger partial charge in [-0.2, -0.15) is 0 Å². The van der Waals surface area contributed by atoms with E-state index in [-0.39, 0.29) is 23.6 Å². The number of halogens is 2. The van der Waals surface area contributed by atoms with Crippen LogP contribution >= 0.6 is 35.0 Å². The number of nitrogens with zero attached hydrogens (tertiary/aromatic N) is 1. The molecule has 5 nitrogen and oxygen atoms in total. The number of nitrogens with one attached hydrogen (secondary N) is 1. The van der Waals surface area contributed by atoms with E-state index >= 15 is 0 Å². The summed E-state index contributed by atoms with van der Waals surface area (Å²) < 4.78 is 5.42. The van der Waals surface area contributed by atoms with Crippen molar-refractivity contribution in [3.8, 4) is 5.75 Å². The molecule has 1 fully saturated rings. The molecule has 0 aliphatic carbocycles. The fourth-order valence-corrected chi connectivity index (χ4v) is 4.57. The van der Waals surface area contributed by atoms with Gasteiger partial charge in [0.25, 0.3) is 5.91 Å². The van der Waals surface area contributed by atoms with Crippen LogP contribution in [0, 0.1) is 0 Å². The van der Waals surface area contributed by atoms with Crippen LogP contribution in [0.3, 0.4) is 0 Å². The molecule has 1 N–H and O–H groups in total. The van der Waals surface area contributed by atoms with Gasteiger partial charge >= 0.3 is 0 Å². The van der Waals surface area contributed by atoms with Crippen molar-refractivity contribution in [1.29, 1.82) is 0 Å². The van der Waals surface area contributed by atoms with Gasteiger partial charge in [0.1, 0.15) is 5.75 Å². The van der Waals surface area contributed by atoms with Crippen LogP contribution in [0.15, 0.2) is 47.4 Å². The van der Waals surface area contributed by atoms with Gasteiger partial charge in [0.2, 0.25) is 5.91 Å². The summed E-state index contributed by atoms with van der Waals surface area (Å²) in [6, 6.07) is 12.5. The zero-order valence-corrected chi connectivity index (χ0v) is 19.0. The lowest BCUT2D eigenvalue weighted by Gasteiger charge is -2.32. The SMILES string of the molecule is CCOc1ccc(C(=O)N2CCC(NC(=O)CSc3cc(Cl)ccc3Cl)CC2)cc1. The van der Waals surface area contributed by atoms with Crippen molar-refractivity contribution in [2.45, 2.75) is 30.7 Å². The summed E-state index contributed by atoms with van der Waals surface area (Å²) in [5.41, 5.74) is 0.649. The molecule has 8 heteroatoms. The first-order valence-electron chi connectivity index (χ1n) is 9.85. The van der Waals surface area contributed by atoms with Crippen molar-refractivity contribution in [3.63, 3.8) is 0 Å². The van der Waals surface area contributed by atoms with Gasteiger partial charge in [-0.25, -0.2) is 0 Å². The van der Waals surface area contributed by atoms with Crippen LogP contribution in [-0.4, -0.2) is 48.2 Å². The van der Waals surface area contributed by atoms with Gasteiger partial charge in [0.05, 0.1) is 17.4 Å². The average Bonchev–Trinajstić information content (AvgIpc) is 2.75. The fourth-order valence-electron chi connectivity index (χ4n) is 3.27.